The van der Waals surface area contributed by atoms with Crippen LogP contribution in [0.25, 0.3) is 21.8 Å². The maximum absolute atomic E-state index is 12.9. The van der Waals surface area contributed by atoms with E-state index in [-0.39, 0.29) is 24.2 Å². The van der Waals surface area contributed by atoms with Crippen LogP contribution in [0.5, 0.6) is 0 Å². The zero-order valence-corrected chi connectivity index (χ0v) is 36.5. The number of halogens is 2. The minimum absolute atomic E-state index is 0.00523. The summed E-state index contributed by atoms with van der Waals surface area (Å²) in [6.45, 7) is 10.6. The summed E-state index contributed by atoms with van der Waals surface area (Å²) < 4.78 is 13.4. The number of carboxylic acids is 1. The Morgan fingerprint density at radius 3 is 1.65 bits per heavy atom. The molecule has 0 aliphatic carbocycles. The normalized spacial score (nSPS) is 24.0. The molecule has 8 rings (SSSR count). The number of likely N-dealkylation sites (tertiary alicyclic amines) is 2. The molecule has 4 N–H and O–H groups in total. The monoisotopic (exact) mass is 910 g/mol. The first-order valence-corrected chi connectivity index (χ1v) is 21.5. The van der Waals surface area contributed by atoms with Crippen LogP contribution < -0.4 is 20.9 Å². The third-order valence-corrected chi connectivity index (χ3v) is 12.3. The number of nitrogens with zero attached hydrogens (tertiary/aromatic N) is 6. The van der Waals surface area contributed by atoms with Gasteiger partial charge in [-0.15, -0.1) is 0 Å². The van der Waals surface area contributed by atoms with E-state index in [2.05, 4.69) is 93.0 Å². The molecule has 4 atom stereocenters. The van der Waals surface area contributed by atoms with Crippen LogP contribution in [-0.4, -0.2) is 140 Å². The number of piperidine rings is 2. The molecule has 4 aliphatic heterocycles. The van der Waals surface area contributed by atoms with Crippen molar-refractivity contribution in [2.24, 2.45) is 5.73 Å². The third kappa shape index (κ3) is 11.4. The molecule has 4 aliphatic rings. The lowest BCUT2D eigenvalue weighted by Gasteiger charge is -2.39. The van der Waals surface area contributed by atoms with Gasteiger partial charge in [-0.1, -0.05) is 0 Å². The van der Waals surface area contributed by atoms with Crippen LogP contribution in [0.15, 0.2) is 69.9 Å². The summed E-state index contributed by atoms with van der Waals surface area (Å²) in [4.78, 5) is 41.9. The Labute approximate surface area is 352 Å². The van der Waals surface area contributed by atoms with Crippen molar-refractivity contribution in [3.05, 3.63) is 69.9 Å². The molecule has 15 heteroatoms. The number of nitrogens with two attached hydrogens (primary N) is 1. The highest BCUT2D eigenvalue weighted by molar-refractivity contribution is 9.11. The summed E-state index contributed by atoms with van der Waals surface area (Å²) in [5.74, 6) is -0.920. The predicted molar refractivity (Wildman–Crippen MR) is 233 cm³/mol. The predicted octanol–water partition coefficient (Wildman–Crippen LogP) is 5.52. The molecule has 4 saturated heterocycles. The first kappa shape index (κ1) is 43.1. The van der Waals surface area contributed by atoms with E-state index < -0.39 is 18.2 Å². The van der Waals surface area contributed by atoms with Crippen LogP contribution in [0.2, 0.25) is 0 Å². The van der Waals surface area contributed by atoms with Gasteiger partial charge in [-0.2, -0.15) is 0 Å². The number of benzene rings is 2. The van der Waals surface area contributed by atoms with E-state index in [1.54, 1.807) is 12.4 Å². The van der Waals surface area contributed by atoms with Gasteiger partial charge in [0.05, 0.1) is 36.3 Å². The number of aliphatic carboxylic acids is 1. The van der Waals surface area contributed by atoms with E-state index in [1.165, 1.54) is 25.9 Å². The number of carbonyl (C=O) groups is 2. The first-order chi connectivity index (χ1) is 27.4. The van der Waals surface area contributed by atoms with E-state index in [4.69, 9.17) is 15.2 Å². The zero-order chi connectivity index (χ0) is 40.6. The summed E-state index contributed by atoms with van der Waals surface area (Å²) in [6.07, 6.45) is 6.49. The number of aromatic nitrogens is 2. The number of morpholine rings is 2. The number of fused-ring (bicyclic) bond motifs is 2. The molecule has 13 nitrogen and oxygen atoms in total. The second-order valence-electron chi connectivity index (χ2n) is 15.7. The highest BCUT2D eigenvalue weighted by atomic mass is 79.9. The van der Waals surface area contributed by atoms with Crippen LogP contribution in [0.4, 0.5) is 11.4 Å². The van der Waals surface area contributed by atoms with Crippen molar-refractivity contribution >= 4 is 76.9 Å². The van der Waals surface area contributed by atoms with E-state index in [0.29, 0.717) is 25.7 Å². The van der Waals surface area contributed by atoms with Gasteiger partial charge in [0.1, 0.15) is 0 Å². The van der Waals surface area contributed by atoms with E-state index in [1.807, 2.05) is 50.2 Å². The van der Waals surface area contributed by atoms with Gasteiger partial charge in [0.25, 0.3) is 5.91 Å². The Bertz CT molecular complexity index is 1970. The number of pyridine rings is 2. The molecule has 4 fully saturated rings. The lowest BCUT2D eigenvalue weighted by atomic mass is 10.0. The van der Waals surface area contributed by atoms with Crippen LogP contribution >= 0.6 is 31.9 Å². The van der Waals surface area contributed by atoms with E-state index in [9.17, 15) is 14.7 Å². The molecule has 0 spiro atoms. The minimum atomic E-state index is -0.925. The molecule has 0 unspecified atom stereocenters. The van der Waals surface area contributed by atoms with E-state index in [0.717, 1.165) is 74.6 Å². The average molecular weight is 913 g/mol. The van der Waals surface area contributed by atoms with Crippen molar-refractivity contribution in [3.8, 4) is 0 Å². The van der Waals surface area contributed by atoms with Gasteiger partial charge in [-0.25, -0.2) is 4.79 Å². The second kappa shape index (κ2) is 20.0. The number of carbonyl (C=O) groups excluding carboxylic acids is 1. The molecule has 4 aromatic rings. The van der Waals surface area contributed by atoms with Crippen LogP contribution in [0.1, 0.15) is 39.5 Å². The maximum atomic E-state index is 12.9. The van der Waals surface area contributed by atoms with Crippen molar-refractivity contribution in [2.75, 3.05) is 76.3 Å². The summed E-state index contributed by atoms with van der Waals surface area (Å²) >= 11 is 7.09. The lowest BCUT2D eigenvalue weighted by Crippen LogP contribution is -2.55. The summed E-state index contributed by atoms with van der Waals surface area (Å²) in [5, 5.41) is 14.5. The largest absolute Gasteiger partial charge is 0.479 e. The lowest BCUT2D eigenvalue weighted by molar-refractivity contribution is -0.154. The Kier molecular flexibility index (Phi) is 15.1. The van der Waals surface area contributed by atoms with Crippen molar-refractivity contribution in [2.45, 2.75) is 76.0 Å². The quantitative estimate of drug-likeness (QED) is 0.232. The third-order valence-electron chi connectivity index (χ3n) is 11.0. The highest BCUT2D eigenvalue weighted by Gasteiger charge is 2.33. The number of ether oxygens (including phenoxy) is 2. The number of carboxylic acid groups (broad SMARTS) is 1. The fourth-order valence-corrected chi connectivity index (χ4v) is 8.75. The number of anilines is 2. The average Bonchev–Trinajstić information content (AvgIpc) is 3.20. The smallest absolute Gasteiger partial charge is 0.334 e. The van der Waals surface area contributed by atoms with Gasteiger partial charge in [-0.05, 0) is 160 Å². The van der Waals surface area contributed by atoms with Crippen LogP contribution in [0.3, 0.4) is 0 Å². The fourth-order valence-electron chi connectivity index (χ4n) is 7.85. The maximum Gasteiger partial charge on any atom is 0.334 e. The minimum Gasteiger partial charge on any atom is -0.479 e. The molecule has 57 heavy (non-hydrogen) atoms. The van der Waals surface area contributed by atoms with Crippen molar-refractivity contribution < 1.29 is 24.2 Å². The molecule has 0 radical (unpaired) electrons. The summed E-state index contributed by atoms with van der Waals surface area (Å²) in [7, 11) is 4.27. The van der Waals surface area contributed by atoms with Gasteiger partial charge in [0.15, 0.2) is 12.2 Å². The Hall–Kier alpha value is -3.44. The summed E-state index contributed by atoms with van der Waals surface area (Å²) in [5.41, 5.74) is 9.57. The molecule has 2 aromatic carbocycles. The van der Waals surface area contributed by atoms with E-state index >= 15 is 0 Å². The number of hydrogen-bond donors (Lipinski definition) is 3. The number of hydrogen-bond acceptors (Lipinski definition) is 11. The Balaban J connectivity index is 0.000000166. The first-order valence-electron chi connectivity index (χ1n) is 19.9. The van der Waals surface area contributed by atoms with Crippen LogP contribution in [-0.2, 0) is 19.1 Å². The molecule has 308 valence electrons. The Morgan fingerprint density at radius 2 is 1.18 bits per heavy atom. The second-order valence-corrected chi connectivity index (χ2v) is 17.4. The summed E-state index contributed by atoms with van der Waals surface area (Å²) in [6, 6.07) is 16.7. The molecule has 0 bridgehead atoms. The topological polar surface area (TPSA) is 150 Å². The SMILES string of the molecule is CN1CCC(N)CC1.C[C@@H]1CN(c2ccc(Br)c3ncccc23)C[C@H](C(=O)NC2CCN(C)CC2)O1.C[C@@H]1CN(c2ccc(Br)c3ncccc23)C[C@H](C(=O)O)O1. The molecule has 2 aromatic heterocycles. The number of rotatable bonds is 5. The highest BCUT2D eigenvalue weighted by Crippen LogP contribution is 2.34. The fraction of sp³-hybridized carbons (Fsp3) is 0.524. The number of amides is 1. The molecular weight excluding hydrogens is 856 g/mol. The van der Waals surface area contributed by atoms with Crippen molar-refractivity contribution in [1.82, 2.24) is 25.1 Å². The van der Waals surface area contributed by atoms with Gasteiger partial charge >= 0.3 is 5.97 Å². The molecular formula is C42H56Br2N8O5. The zero-order valence-electron chi connectivity index (χ0n) is 33.3. The van der Waals surface area contributed by atoms with Crippen molar-refractivity contribution in [3.63, 3.8) is 0 Å². The molecule has 1 amide bonds. The van der Waals surface area contributed by atoms with Crippen molar-refractivity contribution in [1.29, 1.82) is 0 Å². The standard InChI is InChI=1S/C21H27BrN4O2.C15H15BrN2O3.C6H14N2/c1-14-12-26(18-6-5-17(22)20-16(18)4-3-9-23-20)13-19(28-14)21(27)24-15-7-10-25(2)11-8-15;1-9-7-18(8-13(21-9)15(19)20)12-5-4-11(16)14-10(12)3-2-6-17-14;1-8-4-2-6(7)3-5-8/h3-6,9,14-15,19H,7-8,10-13H2,1-2H3,(H,24,27);2-6,9,13H,7-8H2,1H3,(H,19,20);6H,2-5,7H2,1H3/t14-,19-;9-,13-;/m11./s1. The van der Waals surface area contributed by atoms with Gasteiger partial charge in [-0.3, -0.25) is 14.8 Å². The van der Waals surface area contributed by atoms with Gasteiger partial charge in [0, 0.05) is 68.7 Å². The van der Waals surface area contributed by atoms with Gasteiger partial charge in [0.2, 0.25) is 0 Å². The molecule has 0 saturated carbocycles. The Morgan fingerprint density at radius 1 is 0.719 bits per heavy atom. The number of nitrogens with one attached hydrogen (secondary N) is 1. The molecule has 6 heterocycles. The van der Waals surface area contributed by atoms with Gasteiger partial charge < -0.3 is 45.2 Å². The van der Waals surface area contributed by atoms with Crippen LogP contribution in [0, 0.1) is 0 Å².